The second-order valence-electron chi connectivity index (χ2n) is 9.37. The monoisotopic (exact) mass is 531 g/mol. The van der Waals surface area contributed by atoms with Gasteiger partial charge in [-0.1, -0.05) is 0 Å². The Morgan fingerprint density at radius 1 is 1.06 bits per heavy atom. The molecule has 2 heterocycles. The van der Waals surface area contributed by atoms with Gasteiger partial charge in [-0.2, -0.15) is 17.5 Å². The van der Waals surface area contributed by atoms with Crippen molar-refractivity contribution in [3.05, 3.63) is 53.9 Å². The smallest absolute Gasteiger partial charge is 0.298 e. The van der Waals surface area contributed by atoms with E-state index in [1.165, 1.54) is 6.33 Å². The molecule has 12 heteroatoms. The lowest BCUT2D eigenvalue weighted by atomic mass is 9.80. The highest BCUT2D eigenvalue weighted by Crippen LogP contribution is 2.42. The Balaban J connectivity index is 1.40. The highest BCUT2D eigenvalue weighted by molar-refractivity contribution is 7.89. The van der Waals surface area contributed by atoms with Crippen molar-refractivity contribution in [3.63, 3.8) is 0 Å². The Morgan fingerprint density at radius 3 is 2.36 bits per heavy atom. The van der Waals surface area contributed by atoms with Crippen LogP contribution in [0.4, 0.5) is 22.0 Å². The number of Topliss-reactive ketones (excluding diaryl/α,β-unsaturated/α-hetero) is 1. The molecule has 0 unspecified atom stereocenters. The number of aryl methyl sites for hydroxylation is 1. The van der Waals surface area contributed by atoms with Crippen molar-refractivity contribution < 1.29 is 35.2 Å². The third-order valence-corrected chi connectivity index (χ3v) is 8.87. The molecular formula is C24H26F5N3O3S. The third kappa shape index (κ3) is 5.91. The minimum Gasteiger partial charge on any atom is -0.298 e. The largest absolute Gasteiger partial charge is 0.391 e. The molecule has 196 valence electrons. The topological polar surface area (TPSA) is 80.2 Å². The lowest BCUT2D eigenvalue weighted by molar-refractivity contribution is -0.182. The van der Waals surface area contributed by atoms with Crippen molar-refractivity contribution in [1.29, 1.82) is 0 Å². The van der Waals surface area contributed by atoms with E-state index in [1.807, 2.05) is 0 Å². The van der Waals surface area contributed by atoms with Gasteiger partial charge >= 0.3 is 6.18 Å². The van der Waals surface area contributed by atoms with Crippen LogP contribution in [-0.4, -0.2) is 53.4 Å². The van der Waals surface area contributed by atoms with Gasteiger partial charge in [-0.15, -0.1) is 0 Å². The number of carbonyl (C=O) groups excluding carboxylic acids is 1. The molecule has 2 atom stereocenters. The number of hydrogen-bond acceptors (Lipinski definition) is 5. The Labute approximate surface area is 206 Å². The summed E-state index contributed by atoms with van der Waals surface area (Å²) in [4.78, 5) is 21.1. The fourth-order valence-electron chi connectivity index (χ4n) is 4.97. The minimum atomic E-state index is -4.20. The van der Waals surface area contributed by atoms with E-state index in [4.69, 9.17) is 0 Å². The average molecular weight is 532 g/mol. The zero-order valence-corrected chi connectivity index (χ0v) is 20.1. The van der Waals surface area contributed by atoms with Crippen LogP contribution >= 0.6 is 0 Å². The fourth-order valence-corrected chi connectivity index (χ4v) is 6.61. The molecule has 0 amide bonds. The lowest BCUT2D eigenvalue weighted by Crippen LogP contribution is -2.40. The van der Waals surface area contributed by atoms with Crippen molar-refractivity contribution in [1.82, 2.24) is 14.3 Å². The second-order valence-corrected chi connectivity index (χ2v) is 11.3. The summed E-state index contributed by atoms with van der Waals surface area (Å²) < 4.78 is 93.0. The van der Waals surface area contributed by atoms with Gasteiger partial charge in [0.25, 0.3) is 0 Å². The van der Waals surface area contributed by atoms with Crippen molar-refractivity contribution in [2.24, 2.45) is 5.92 Å². The third-order valence-electron chi connectivity index (χ3n) is 6.98. The maximum atomic E-state index is 14.2. The Kier molecular flexibility index (Phi) is 7.75. The number of sulfonamides is 1. The van der Waals surface area contributed by atoms with Crippen molar-refractivity contribution >= 4 is 15.8 Å². The first-order valence-corrected chi connectivity index (χ1v) is 13.2. The first-order chi connectivity index (χ1) is 16.9. The van der Waals surface area contributed by atoms with E-state index in [-0.39, 0.29) is 42.9 Å². The van der Waals surface area contributed by atoms with Crippen LogP contribution < -0.4 is 0 Å². The molecule has 0 bridgehead atoms. The Hall–Kier alpha value is -2.47. The second kappa shape index (κ2) is 10.5. The summed E-state index contributed by atoms with van der Waals surface area (Å²) in [5.74, 6) is -2.51. The summed E-state index contributed by atoms with van der Waals surface area (Å²) in [6.45, 7) is -0.464. The van der Waals surface area contributed by atoms with Gasteiger partial charge in [0.05, 0.1) is 16.9 Å². The first-order valence-electron chi connectivity index (χ1n) is 11.8. The van der Waals surface area contributed by atoms with Crippen LogP contribution in [0.25, 0.3) is 0 Å². The zero-order valence-electron chi connectivity index (χ0n) is 19.3. The first kappa shape index (κ1) is 26.6. The molecule has 1 saturated heterocycles. The zero-order chi connectivity index (χ0) is 26.1. The maximum Gasteiger partial charge on any atom is 0.391 e. The molecule has 0 N–H and O–H groups in total. The van der Waals surface area contributed by atoms with Gasteiger partial charge in [0.2, 0.25) is 10.0 Å². The van der Waals surface area contributed by atoms with Crippen LogP contribution in [0.15, 0.2) is 41.6 Å². The molecule has 4 rings (SSSR count). The van der Waals surface area contributed by atoms with Crippen LogP contribution in [0, 0.1) is 11.7 Å². The number of aromatic nitrogens is 2. The molecular weight excluding hydrogens is 505 g/mol. The lowest BCUT2D eigenvalue weighted by Gasteiger charge is -2.29. The normalized spacial score (nSPS) is 25.7. The average Bonchev–Trinajstić information content (AvgIpc) is 3.25. The number of carbonyl (C=O) groups is 1. The molecule has 36 heavy (non-hydrogen) atoms. The molecule has 2 aliphatic rings. The predicted octanol–water partition coefficient (Wildman–Crippen LogP) is 4.75. The molecule has 6 nitrogen and oxygen atoms in total. The molecule has 1 aliphatic carbocycles. The van der Waals surface area contributed by atoms with Crippen molar-refractivity contribution in [2.75, 3.05) is 6.54 Å². The molecule has 1 aromatic carbocycles. The highest BCUT2D eigenvalue weighted by atomic mass is 32.2. The van der Waals surface area contributed by atoms with Crippen LogP contribution in [0.5, 0.6) is 0 Å². The number of ketones is 1. The van der Waals surface area contributed by atoms with Crippen molar-refractivity contribution in [2.45, 2.75) is 74.1 Å². The predicted molar refractivity (Wildman–Crippen MR) is 120 cm³/mol. The molecule has 1 aliphatic heterocycles. The summed E-state index contributed by atoms with van der Waals surface area (Å²) >= 11 is 0. The van der Waals surface area contributed by atoms with E-state index < -0.39 is 52.5 Å². The number of alkyl halides is 4. The van der Waals surface area contributed by atoms with Crippen LogP contribution in [0.1, 0.15) is 55.8 Å². The van der Waals surface area contributed by atoms with Crippen LogP contribution in [0.3, 0.4) is 0 Å². The van der Waals surface area contributed by atoms with Gasteiger partial charge in [0, 0.05) is 36.7 Å². The number of hydrogen-bond donors (Lipinski definition) is 0. The van der Waals surface area contributed by atoms with Gasteiger partial charge in [-0.3, -0.25) is 4.79 Å². The van der Waals surface area contributed by atoms with E-state index in [9.17, 15) is 35.2 Å². The Morgan fingerprint density at radius 2 is 1.72 bits per heavy atom. The number of nitrogens with zero attached hydrogens (tertiary/aromatic N) is 3. The summed E-state index contributed by atoms with van der Waals surface area (Å²) in [5.41, 5.74) is 1.13. The van der Waals surface area contributed by atoms with Gasteiger partial charge in [-0.05, 0) is 62.4 Å². The van der Waals surface area contributed by atoms with Crippen molar-refractivity contribution in [3.8, 4) is 0 Å². The summed E-state index contributed by atoms with van der Waals surface area (Å²) in [6, 6.07) is 4.59. The van der Waals surface area contributed by atoms with E-state index in [0.29, 0.717) is 24.2 Å². The molecule has 2 aromatic rings. The number of rotatable bonds is 7. The van der Waals surface area contributed by atoms with E-state index >= 15 is 0 Å². The molecule has 1 aromatic heterocycles. The number of benzene rings is 1. The molecule has 2 fully saturated rings. The molecule has 0 radical (unpaired) electrons. The van der Waals surface area contributed by atoms with Gasteiger partial charge in [0.1, 0.15) is 18.3 Å². The number of halogens is 5. The Bertz CT molecular complexity index is 1180. The summed E-state index contributed by atoms with van der Waals surface area (Å²) in [6.07, 6.45) is -3.81. The van der Waals surface area contributed by atoms with Crippen LogP contribution in [-0.2, 0) is 21.2 Å². The molecule has 1 saturated carbocycles. The minimum absolute atomic E-state index is 0.0381. The fraction of sp³-hybridized carbons (Fsp3) is 0.542. The standard InChI is InChI=1S/C24H26F5N3O3S/c25-17-5-8-20(9-6-17)36(34,35)32-13-18(26)11-22(32)23(33)10-7-19-12-21(31-14-30-19)15-1-3-16(4-2-15)24(27,28)29/h5-6,8-9,12,14-16,18,22H,1-4,7,10-11,13H2/t15?,16?,18-,22+/m1/s1. The summed E-state index contributed by atoms with van der Waals surface area (Å²) in [7, 11) is -4.20. The van der Waals surface area contributed by atoms with Gasteiger partial charge < -0.3 is 0 Å². The SMILES string of the molecule is O=C(CCc1cc(C2CCC(C(F)(F)F)CC2)ncn1)[C@@H]1C[C@@H](F)CN1S(=O)(=O)c1ccc(F)cc1. The van der Waals surface area contributed by atoms with Crippen LogP contribution in [0.2, 0.25) is 0 Å². The van der Waals surface area contributed by atoms with E-state index in [0.717, 1.165) is 28.6 Å². The van der Waals surface area contributed by atoms with Gasteiger partial charge in [-0.25, -0.2) is 27.2 Å². The quantitative estimate of drug-likeness (QED) is 0.482. The molecule has 0 spiro atoms. The maximum absolute atomic E-state index is 14.2. The van der Waals surface area contributed by atoms with E-state index in [2.05, 4.69) is 9.97 Å². The van der Waals surface area contributed by atoms with Gasteiger partial charge in [0.15, 0.2) is 5.78 Å². The van der Waals surface area contributed by atoms with E-state index in [1.54, 1.807) is 6.07 Å². The summed E-state index contributed by atoms with van der Waals surface area (Å²) in [5, 5.41) is 0. The highest BCUT2D eigenvalue weighted by Gasteiger charge is 2.44.